The van der Waals surface area contributed by atoms with Crippen LogP contribution in [0.5, 0.6) is 0 Å². The van der Waals surface area contributed by atoms with E-state index < -0.39 is 0 Å². The van der Waals surface area contributed by atoms with Crippen LogP contribution in [0.3, 0.4) is 0 Å². The first-order valence-electron chi connectivity index (χ1n) is 6.73. The van der Waals surface area contributed by atoms with Gasteiger partial charge >= 0.3 is 0 Å². The molecule has 1 aliphatic heterocycles. The van der Waals surface area contributed by atoms with Crippen molar-refractivity contribution in [1.82, 2.24) is 10.6 Å². The van der Waals surface area contributed by atoms with Crippen molar-refractivity contribution >= 4 is 0 Å². The van der Waals surface area contributed by atoms with E-state index in [4.69, 9.17) is 0 Å². The topological polar surface area (TPSA) is 24.1 Å². The van der Waals surface area contributed by atoms with Crippen molar-refractivity contribution in [2.45, 2.75) is 70.5 Å². The molecule has 1 saturated heterocycles. The Bertz CT molecular complexity index is 181. The van der Waals surface area contributed by atoms with E-state index in [0.717, 1.165) is 18.0 Å². The quantitative estimate of drug-likeness (QED) is 0.744. The Kier molecular flexibility index (Phi) is 4.04. The normalized spacial score (nSPS) is 38.4. The minimum atomic E-state index is 0.693. The van der Waals surface area contributed by atoms with Gasteiger partial charge in [-0.25, -0.2) is 0 Å². The molecule has 2 heteroatoms. The van der Waals surface area contributed by atoms with Crippen LogP contribution in [0.25, 0.3) is 0 Å². The first kappa shape index (κ1) is 11.4. The van der Waals surface area contributed by atoms with E-state index in [1.807, 2.05) is 0 Å². The van der Waals surface area contributed by atoms with E-state index in [1.165, 1.54) is 45.1 Å². The minimum Gasteiger partial charge on any atom is -0.314 e. The van der Waals surface area contributed by atoms with Crippen molar-refractivity contribution in [2.75, 3.05) is 6.54 Å². The van der Waals surface area contributed by atoms with Crippen LogP contribution >= 0.6 is 0 Å². The van der Waals surface area contributed by atoms with E-state index in [9.17, 15) is 0 Å². The van der Waals surface area contributed by atoms with Gasteiger partial charge in [0.25, 0.3) is 0 Å². The van der Waals surface area contributed by atoms with Crippen LogP contribution in [0, 0.1) is 5.92 Å². The molecule has 0 aromatic rings. The Balaban J connectivity index is 1.61. The lowest BCUT2D eigenvalue weighted by atomic mass is 9.81. The first-order chi connectivity index (χ1) is 7.24. The van der Waals surface area contributed by atoms with Gasteiger partial charge < -0.3 is 10.6 Å². The zero-order valence-electron chi connectivity index (χ0n) is 10.3. The number of piperidine rings is 1. The molecule has 1 heterocycles. The minimum absolute atomic E-state index is 0.693. The molecule has 2 fully saturated rings. The zero-order chi connectivity index (χ0) is 10.7. The second-order valence-corrected chi connectivity index (χ2v) is 5.72. The molecule has 0 aromatic carbocycles. The standard InChI is InChI=1S/C13H26N2/c1-10-7-13(8-10)15-11(2)9-12-5-3-4-6-14-12/h10-15H,3-9H2,1-2H3. The molecule has 0 bridgehead atoms. The fourth-order valence-corrected chi connectivity index (χ4v) is 3.06. The summed E-state index contributed by atoms with van der Waals surface area (Å²) in [6, 6.07) is 2.29. The monoisotopic (exact) mass is 210 g/mol. The predicted octanol–water partition coefficient (Wildman–Crippen LogP) is 2.30. The lowest BCUT2D eigenvalue weighted by Crippen LogP contribution is -2.47. The van der Waals surface area contributed by atoms with Gasteiger partial charge in [-0.3, -0.25) is 0 Å². The average molecular weight is 210 g/mol. The van der Waals surface area contributed by atoms with Crippen LogP contribution in [-0.2, 0) is 0 Å². The van der Waals surface area contributed by atoms with E-state index in [2.05, 4.69) is 24.5 Å². The van der Waals surface area contributed by atoms with Crippen LogP contribution in [-0.4, -0.2) is 24.7 Å². The molecule has 1 saturated carbocycles. The largest absolute Gasteiger partial charge is 0.314 e. The Labute approximate surface area is 94.2 Å². The van der Waals surface area contributed by atoms with Crippen molar-refractivity contribution in [3.63, 3.8) is 0 Å². The third kappa shape index (κ3) is 3.46. The van der Waals surface area contributed by atoms with Crippen molar-refractivity contribution in [2.24, 2.45) is 5.92 Å². The zero-order valence-corrected chi connectivity index (χ0v) is 10.3. The van der Waals surface area contributed by atoms with Gasteiger partial charge in [-0.05, 0) is 51.5 Å². The summed E-state index contributed by atoms with van der Waals surface area (Å²) in [6.07, 6.45) is 8.27. The highest BCUT2D eigenvalue weighted by atomic mass is 15.0. The Morgan fingerprint density at radius 2 is 2.13 bits per heavy atom. The molecule has 0 aromatic heterocycles. The highest BCUT2D eigenvalue weighted by molar-refractivity contribution is 4.86. The van der Waals surface area contributed by atoms with E-state index >= 15 is 0 Å². The summed E-state index contributed by atoms with van der Waals surface area (Å²) in [7, 11) is 0. The smallest absolute Gasteiger partial charge is 0.00817 e. The van der Waals surface area contributed by atoms with Crippen LogP contribution in [0.15, 0.2) is 0 Å². The van der Waals surface area contributed by atoms with Crippen LogP contribution in [0.2, 0.25) is 0 Å². The maximum atomic E-state index is 3.75. The molecular formula is C13H26N2. The van der Waals surface area contributed by atoms with E-state index in [-0.39, 0.29) is 0 Å². The fourth-order valence-electron chi connectivity index (χ4n) is 3.06. The summed E-state index contributed by atoms with van der Waals surface area (Å²) in [5, 5.41) is 7.38. The third-order valence-corrected chi connectivity index (χ3v) is 3.94. The summed E-state index contributed by atoms with van der Waals surface area (Å²) in [5.74, 6) is 0.961. The van der Waals surface area contributed by atoms with Crippen LogP contribution < -0.4 is 10.6 Å². The van der Waals surface area contributed by atoms with Gasteiger partial charge in [0.1, 0.15) is 0 Å². The summed E-state index contributed by atoms with van der Waals surface area (Å²) < 4.78 is 0. The Morgan fingerprint density at radius 3 is 2.73 bits per heavy atom. The van der Waals surface area contributed by atoms with Gasteiger partial charge in [0.15, 0.2) is 0 Å². The Hall–Kier alpha value is -0.0800. The summed E-state index contributed by atoms with van der Waals surface area (Å²) in [6.45, 7) is 5.93. The SMILES string of the molecule is CC1CC(NC(C)CC2CCCCN2)C1. The number of nitrogens with one attached hydrogen (secondary N) is 2. The summed E-state index contributed by atoms with van der Waals surface area (Å²) in [4.78, 5) is 0. The predicted molar refractivity (Wildman–Crippen MR) is 65.0 cm³/mol. The maximum absolute atomic E-state index is 3.75. The highest BCUT2D eigenvalue weighted by Gasteiger charge is 2.26. The van der Waals surface area contributed by atoms with Crippen molar-refractivity contribution < 1.29 is 0 Å². The molecule has 0 radical (unpaired) electrons. The molecule has 0 spiro atoms. The van der Waals surface area contributed by atoms with Gasteiger partial charge in [-0.2, -0.15) is 0 Å². The van der Waals surface area contributed by atoms with Crippen molar-refractivity contribution in [1.29, 1.82) is 0 Å². The van der Waals surface area contributed by atoms with Gasteiger partial charge in [0, 0.05) is 18.1 Å². The molecule has 2 atom stereocenters. The second kappa shape index (κ2) is 5.31. The highest BCUT2D eigenvalue weighted by Crippen LogP contribution is 2.27. The van der Waals surface area contributed by atoms with Gasteiger partial charge in [-0.1, -0.05) is 13.3 Å². The molecule has 2 nitrogen and oxygen atoms in total. The van der Waals surface area contributed by atoms with Crippen LogP contribution in [0.4, 0.5) is 0 Å². The molecule has 2 N–H and O–H groups in total. The first-order valence-corrected chi connectivity index (χ1v) is 6.73. The molecule has 2 unspecified atom stereocenters. The van der Waals surface area contributed by atoms with Crippen molar-refractivity contribution in [3.05, 3.63) is 0 Å². The van der Waals surface area contributed by atoms with Gasteiger partial charge in [0.2, 0.25) is 0 Å². The lowest BCUT2D eigenvalue weighted by molar-refractivity contribution is 0.214. The lowest BCUT2D eigenvalue weighted by Gasteiger charge is -2.37. The molecular weight excluding hydrogens is 184 g/mol. The summed E-state index contributed by atoms with van der Waals surface area (Å²) in [5.41, 5.74) is 0. The number of hydrogen-bond acceptors (Lipinski definition) is 2. The van der Waals surface area contributed by atoms with Gasteiger partial charge in [-0.15, -0.1) is 0 Å². The number of rotatable bonds is 4. The van der Waals surface area contributed by atoms with E-state index in [0.29, 0.717) is 6.04 Å². The third-order valence-electron chi connectivity index (χ3n) is 3.94. The molecule has 0 amide bonds. The van der Waals surface area contributed by atoms with Crippen molar-refractivity contribution in [3.8, 4) is 0 Å². The molecule has 1 aliphatic carbocycles. The second-order valence-electron chi connectivity index (χ2n) is 5.72. The average Bonchev–Trinajstić information content (AvgIpc) is 2.17. The summed E-state index contributed by atoms with van der Waals surface area (Å²) >= 11 is 0. The molecule has 2 aliphatic rings. The van der Waals surface area contributed by atoms with E-state index in [1.54, 1.807) is 0 Å². The molecule has 15 heavy (non-hydrogen) atoms. The molecule has 2 rings (SSSR count). The fraction of sp³-hybridized carbons (Fsp3) is 1.00. The van der Waals surface area contributed by atoms with Gasteiger partial charge in [0.05, 0.1) is 0 Å². The molecule has 88 valence electrons. The Morgan fingerprint density at radius 1 is 1.33 bits per heavy atom. The number of hydrogen-bond donors (Lipinski definition) is 2. The maximum Gasteiger partial charge on any atom is 0.00817 e. The van der Waals surface area contributed by atoms with Crippen LogP contribution in [0.1, 0.15) is 52.4 Å².